The molecule has 1 aliphatic rings. The summed E-state index contributed by atoms with van der Waals surface area (Å²) in [6, 6.07) is 7.03. The average Bonchev–Trinajstić information content (AvgIpc) is 3.01. The van der Waals surface area contributed by atoms with Crippen LogP contribution in [0.3, 0.4) is 0 Å². The Morgan fingerprint density at radius 2 is 1.95 bits per heavy atom. The van der Waals surface area contributed by atoms with Crippen LogP contribution in [0.25, 0.3) is 0 Å². The van der Waals surface area contributed by atoms with Crippen LogP contribution in [0.1, 0.15) is 11.5 Å². The molecule has 3 atom stereocenters. The number of hydrogen-bond acceptors (Lipinski definition) is 4. The number of methoxy groups -OCH3 is 1. The van der Waals surface area contributed by atoms with E-state index in [0.29, 0.717) is 5.56 Å². The molecular formula is C13H15BrO5S. The van der Waals surface area contributed by atoms with E-state index in [1.165, 1.54) is 7.11 Å². The molecule has 0 saturated heterocycles. The summed E-state index contributed by atoms with van der Waals surface area (Å²) in [6.07, 6.45) is 1.07. The minimum absolute atomic E-state index is 0.124. The lowest BCUT2D eigenvalue weighted by molar-refractivity contribution is -0.145. The van der Waals surface area contributed by atoms with Crippen molar-refractivity contribution in [1.82, 2.24) is 0 Å². The third-order valence-electron chi connectivity index (χ3n) is 3.73. The molecule has 20 heavy (non-hydrogen) atoms. The molecule has 1 aromatic rings. The predicted molar refractivity (Wildman–Crippen MR) is 77.5 cm³/mol. The predicted octanol–water partition coefficient (Wildman–Crippen LogP) is 1.68. The first-order valence-corrected chi connectivity index (χ1v) is 8.66. The molecule has 0 amide bonds. The Kier molecular flexibility index (Phi) is 3.96. The number of halogens is 1. The van der Waals surface area contributed by atoms with Crippen molar-refractivity contribution in [2.75, 3.05) is 20.0 Å². The van der Waals surface area contributed by atoms with E-state index in [4.69, 9.17) is 4.74 Å². The summed E-state index contributed by atoms with van der Waals surface area (Å²) in [4.78, 5) is 11.6. The number of aliphatic carboxylic acids is 1. The molecule has 1 saturated carbocycles. The van der Waals surface area contributed by atoms with Gasteiger partial charge in [-0.05, 0) is 17.7 Å². The third-order valence-corrected chi connectivity index (χ3v) is 5.87. The Bertz CT molecular complexity index is 625. The van der Waals surface area contributed by atoms with Gasteiger partial charge in [-0.2, -0.15) is 0 Å². The molecule has 0 aliphatic heterocycles. The van der Waals surface area contributed by atoms with E-state index >= 15 is 0 Å². The number of sulfone groups is 1. The molecule has 1 aliphatic carbocycles. The number of benzene rings is 1. The topological polar surface area (TPSA) is 80.7 Å². The van der Waals surface area contributed by atoms with Crippen LogP contribution in [0.5, 0.6) is 0 Å². The highest BCUT2D eigenvalue weighted by atomic mass is 79.9. The van der Waals surface area contributed by atoms with E-state index in [1.54, 1.807) is 24.3 Å². The number of ether oxygens (including phenoxy) is 1. The lowest BCUT2D eigenvalue weighted by Gasteiger charge is -2.11. The van der Waals surface area contributed by atoms with Gasteiger partial charge in [0.05, 0.1) is 11.9 Å². The fraction of sp³-hybridized carbons (Fsp3) is 0.462. The van der Waals surface area contributed by atoms with Crippen molar-refractivity contribution in [2.24, 2.45) is 5.41 Å². The normalized spacial score (nSPS) is 29.1. The van der Waals surface area contributed by atoms with Gasteiger partial charge in [0.25, 0.3) is 0 Å². The third kappa shape index (κ3) is 2.38. The fourth-order valence-corrected chi connectivity index (χ4v) is 5.06. The molecule has 7 heteroatoms. The first kappa shape index (κ1) is 15.5. The first-order chi connectivity index (χ1) is 9.25. The summed E-state index contributed by atoms with van der Waals surface area (Å²) in [5.41, 5.74) is -0.695. The Balaban J connectivity index is 2.49. The highest BCUT2D eigenvalue weighted by molar-refractivity contribution is 9.10. The summed E-state index contributed by atoms with van der Waals surface area (Å²) in [5, 5.41) is 8.55. The molecule has 110 valence electrons. The molecule has 0 aromatic heterocycles. The van der Waals surface area contributed by atoms with Gasteiger partial charge in [-0.15, -0.1) is 0 Å². The second-order valence-electron chi connectivity index (χ2n) is 5.06. The van der Waals surface area contributed by atoms with Gasteiger partial charge in [-0.3, -0.25) is 4.79 Å². The molecule has 0 radical (unpaired) electrons. The lowest BCUT2D eigenvalue weighted by Crippen LogP contribution is -2.28. The van der Waals surface area contributed by atoms with E-state index in [-0.39, 0.29) is 6.61 Å². The molecule has 0 unspecified atom stereocenters. The molecule has 0 spiro atoms. The molecule has 2 rings (SSSR count). The van der Waals surface area contributed by atoms with Gasteiger partial charge in [-0.1, -0.05) is 28.1 Å². The van der Waals surface area contributed by atoms with Crippen LogP contribution in [0.15, 0.2) is 28.7 Å². The molecule has 0 bridgehead atoms. The van der Waals surface area contributed by atoms with Crippen molar-refractivity contribution in [3.8, 4) is 0 Å². The summed E-state index contributed by atoms with van der Waals surface area (Å²) < 4.78 is 29.7. The van der Waals surface area contributed by atoms with Crippen LogP contribution in [0.4, 0.5) is 0 Å². The fourth-order valence-electron chi connectivity index (χ4n) is 2.90. The van der Waals surface area contributed by atoms with E-state index in [9.17, 15) is 18.3 Å². The Labute approximate surface area is 126 Å². The van der Waals surface area contributed by atoms with Crippen LogP contribution in [-0.4, -0.2) is 44.7 Å². The van der Waals surface area contributed by atoms with E-state index < -0.39 is 32.4 Å². The minimum atomic E-state index is -3.48. The van der Waals surface area contributed by atoms with E-state index in [2.05, 4.69) is 15.9 Å². The monoisotopic (exact) mass is 362 g/mol. The molecule has 0 heterocycles. The smallest absolute Gasteiger partial charge is 0.314 e. The lowest BCUT2D eigenvalue weighted by atomic mass is 10.0. The van der Waals surface area contributed by atoms with Crippen molar-refractivity contribution in [3.05, 3.63) is 34.3 Å². The maximum absolute atomic E-state index is 11.9. The van der Waals surface area contributed by atoms with Crippen LogP contribution < -0.4 is 0 Å². The largest absolute Gasteiger partial charge is 0.481 e. The number of carboxylic acid groups (broad SMARTS) is 1. The van der Waals surface area contributed by atoms with Gasteiger partial charge in [0.1, 0.15) is 5.41 Å². The van der Waals surface area contributed by atoms with Gasteiger partial charge in [0.2, 0.25) is 0 Å². The van der Waals surface area contributed by atoms with Gasteiger partial charge in [-0.25, -0.2) is 8.42 Å². The summed E-state index contributed by atoms with van der Waals surface area (Å²) in [6.45, 7) is -0.124. The van der Waals surface area contributed by atoms with Crippen molar-refractivity contribution >= 4 is 31.7 Å². The Morgan fingerprint density at radius 3 is 2.35 bits per heavy atom. The molecule has 1 fully saturated rings. The SMILES string of the molecule is COC[C@]1(C(=O)O)[C@H](c2ccc(Br)cc2)[C@H]1S(C)(=O)=O. The summed E-state index contributed by atoms with van der Waals surface area (Å²) in [7, 11) is -2.11. The molecule has 1 N–H and O–H groups in total. The van der Waals surface area contributed by atoms with Crippen molar-refractivity contribution in [2.45, 2.75) is 11.2 Å². The second-order valence-corrected chi connectivity index (χ2v) is 8.14. The zero-order chi connectivity index (χ0) is 15.1. The number of carboxylic acids is 1. The van der Waals surface area contributed by atoms with E-state index in [0.717, 1.165) is 10.7 Å². The number of hydrogen-bond donors (Lipinski definition) is 1. The zero-order valence-electron chi connectivity index (χ0n) is 11.0. The quantitative estimate of drug-likeness (QED) is 0.861. The van der Waals surface area contributed by atoms with E-state index in [1.807, 2.05) is 0 Å². The molecule has 1 aromatic carbocycles. The van der Waals surface area contributed by atoms with Crippen LogP contribution in [0, 0.1) is 5.41 Å². The van der Waals surface area contributed by atoms with Crippen LogP contribution in [-0.2, 0) is 19.4 Å². The highest BCUT2D eigenvalue weighted by Gasteiger charge is 2.74. The number of carbonyl (C=O) groups is 1. The number of rotatable bonds is 5. The summed E-state index contributed by atoms with van der Waals surface area (Å²) in [5.74, 6) is -1.72. The van der Waals surface area contributed by atoms with Gasteiger partial charge >= 0.3 is 5.97 Å². The Morgan fingerprint density at radius 1 is 1.40 bits per heavy atom. The maximum Gasteiger partial charge on any atom is 0.314 e. The van der Waals surface area contributed by atoms with Gasteiger partial charge < -0.3 is 9.84 Å². The minimum Gasteiger partial charge on any atom is -0.481 e. The standard InChI is InChI=1S/C13H15BrO5S/c1-19-7-13(12(15)16)10(11(13)20(2,17)18)8-3-5-9(14)6-4-8/h3-6,10-11H,7H2,1-2H3,(H,15,16)/t10-,11-,13+/m1/s1. The van der Waals surface area contributed by atoms with Crippen molar-refractivity contribution < 1.29 is 23.1 Å². The zero-order valence-corrected chi connectivity index (χ0v) is 13.4. The highest BCUT2D eigenvalue weighted by Crippen LogP contribution is 2.63. The van der Waals surface area contributed by atoms with Crippen LogP contribution in [0.2, 0.25) is 0 Å². The Hall–Kier alpha value is -0.920. The van der Waals surface area contributed by atoms with Crippen molar-refractivity contribution in [3.63, 3.8) is 0 Å². The van der Waals surface area contributed by atoms with Gasteiger partial charge in [0, 0.05) is 23.8 Å². The van der Waals surface area contributed by atoms with Crippen LogP contribution >= 0.6 is 15.9 Å². The van der Waals surface area contributed by atoms with Gasteiger partial charge in [0.15, 0.2) is 9.84 Å². The maximum atomic E-state index is 11.9. The molecule has 5 nitrogen and oxygen atoms in total. The molecular weight excluding hydrogens is 348 g/mol. The first-order valence-electron chi connectivity index (χ1n) is 5.92. The van der Waals surface area contributed by atoms with Crippen molar-refractivity contribution in [1.29, 1.82) is 0 Å². The average molecular weight is 363 g/mol. The summed E-state index contributed by atoms with van der Waals surface area (Å²) >= 11 is 3.30. The second kappa shape index (κ2) is 5.13.